The molecule has 5 unspecified atom stereocenters. The molecule has 0 N–H and O–H groups in total. The molecule has 0 aliphatic carbocycles. The average Bonchev–Trinajstić information content (AvgIpc) is 0.898. The molecule has 0 saturated carbocycles. The smallest absolute Gasteiger partial charge is 0.250 e. The summed E-state index contributed by atoms with van der Waals surface area (Å²) in [7, 11) is 0. The first-order chi connectivity index (χ1) is 56.4. The van der Waals surface area contributed by atoms with Crippen LogP contribution in [0.15, 0.2) is 0 Å². The monoisotopic (exact) mass is 1880 g/mol. The number of rotatable bonds is 44. The van der Waals surface area contributed by atoms with Gasteiger partial charge in [0.15, 0.2) is 0 Å². The third kappa shape index (κ3) is 221. The topological polar surface area (TPSA) is 0 Å². The molecule has 0 bridgehead atoms. The van der Waals surface area contributed by atoms with Crippen molar-refractivity contribution in [3.8, 4) is 0 Å². The van der Waals surface area contributed by atoms with E-state index in [2.05, 4.69) is 83.1 Å². The molecule has 0 aromatic carbocycles. The Bertz CT molecular complexity index is 1800. The zero-order valence-electron chi connectivity index (χ0n) is 90.3. The van der Waals surface area contributed by atoms with Crippen molar-refractivity contribution in [2.75, 3.05) is 13.3 Å². The second kappa shape index (κ2) is 111. The predicted molar refractivity (Wildman–Crippen MR) is 524 cm³/mol. The predicted octanol–water partition coefficient (Wildman–Crippen LogP) is 44.2. The quantitative estimate of drug-likeness (QED) is 0.0421. The molecule has 0 aromatic heterocycles. The maximum atomic E-state index is 12.5. The Labute approximate surface area is 774 Å². The zero-order chi connectivity index (χ0) is 103. The van der Waals surface area contributed by atoms with E-state index in [0.29, 0.717) is 86.4 Å². The Morgan fingerprint density at radius 3 is 0.706 bits per heavy atom. The molecule has 21 heteroatoms. The number of unbranched alkanes of at least 4 members (excludes halogenated alkanes) is 2. The van der Waals surface area contributed by atoms with E-state index in [4.69, 9.17) is 0 Å². The molecule has 0 spiro atoms. The molecular formula is C105H223F21. The Morgan fingerprint density at radius 1 is 0.246 bits per heavy atom. The minimum absolute atomic E-state index is 0. The van der Waals surface area contributed by atoms with Gasteiger partial charge in [-0.1, -0.05) is 342 Å². The lowest BCUT2D eigenvalue weighted by molar-refractivity contribution is -0.0526. The van der Waals surface area contributed by atoms with Gasteiger partial charge in [0.05, 0.1) is 25.7 Å². The molecule has 0 amide bonds. The first kappa shape index (κ1) is 164. The van der Waals surface area contributed by atoms with Crippen LogP contribution in [0.2, 0.25) is 0 Å². The standard InChI is InChI=1S/4C7H14F2.4C7H15F.C7H16.3C6H12F2.3C6H13F.C5H12.CH4/c1-6(2)4-5-7(3,8)9;1-6(2)4-3-5-7(8)9;1-4-7(8,9)5-6(2)3;1-4-5-7(8,9)6(2)3;1-6(2)4-5-7(3)8;1-7(2)5-3-4-6-8;1-4-7(8)5-6(2)3;1-4-5-7(8)6(2)3;1-4-5-6-7(2)3;1-5(2)4-6(3,7)8;1-5(2)3-4-6(7)8;1-4-6(7,8)5(2)3;1-5(2)4-6(3)7;1-6(2)4-3-5-7;1-4-6(7)5(2)3;1-4-5(2)3;/h6H,4-5H2,1-3H3;6-7H,3-5H2,1-2H3;2*6H,4-5H2,1-3H3;6-7H,4-5H2,1-3H3;7H,3-6H2,1-2H3;2*6-7H,4-5H2,1-3H3;7H,4-6H2,1-3H3;5H,4H2,1-3H3;5-6H,3-4H2,1-2H3;5H,4H2,1-3H3;5-6H,4H2,1-3H3;6H,3-5H2,1-2H3;5-6H,4H2,1-3H3;5H,4H2,1-3H3;1H4. The molecule has 0 aliphatic rings. The molecule has 0 radical (unpaired) electrons. The highest BCUT2D eigenvalue weighted by atomic mass is 19.3. The van der Waals surface area contributed by atoms with Crippen molar-refractivity contribution in [1.82, 2.24) is 0 Å². The summed E-state index contributed by atoms with van der Waals surface area (Å²) in [4.78, 5) is 0. The summed E-state index contributed by atoms with van der Waals surface area (Å²) in [5, 5.41) is 0. The van der Waals surface area contributed by atoms with Gasteiger partial charge in [-0.05, 0) is 194 Å². The maximum Gasteiger partial charge on any atom is 0.250 e. The molecule has 126 heavy (non-hydrogen) atoms. The number of hydrogen-bond acceptors (Lipinski definition) is 0. The summed E-state index contributed by atoms with van der Waals surface area (Å²) in [6.07, 6.45) is 12.6. The summed E-state index contributed by atoms with van der Waals surface area (Å²) >= 11 is 0. The van der Waals surface area contributed by atoms with Crippen molar-refractivity contribution in [2.45, 2.75) is 578 Å². The fraction of sp³-hybridized carbons (Fsp3) is 1.00. The highest BCUT2D eigenvalue weighted by Gasteiger charge is 2.32. The zero-order valence-corrected chi connectivity index (χ0v) is 90.3. The summed E-state index contributed by atoms with van der Waals surface area (Å²) < 4.78 is 252. The average molecular weight is 1880 g/mol. The van der Waals surface area contributed by atoms with E-state index in [9.17, 15) is 92.2 Å². The third-order valence-electron chi connectivity index (χ3n) is 17.6. The van der Waals surface area contributed by atoms with Gasteiger partial charge in [0.2, 0.25) is 42.5 Å². The molecule has 0 aliphatic heterocycles. The van der Waals surface area contributed by atoms with Crippen LogP contribution in [-0.2, 0) is 0 Å². The highest BCUT2D eigenvalue weighted by Crippen LogP contribution is 2.30. The van der Waals surface area contributed by atoms with Crippen LogP contribution >= 0.6 is 0 Å². The van der Waals surface area contributed by atoms with E-state index in [1.54, 1.807) is 48.5 Å². The van der Waals surface area contributed by atoms with E-state index in [1.807, 2.05) is 132 Å². The van der Waals surface area contributed by atoms with Crippen molar-refractivity contribution in [1.29, 1.82) is 0 Å². The first-order valence-corrected chi connectivity index (χ1v) is 49.2. The van der Waals surface area contributed by atoms with Gasteiger partial charge in [-0.25, -0.2) is 83.4 Å². The molecule has 0 rings (SSSR count). The minimum Gasteiger partial charge on any atom is -0.251 e. The fourth-order valence-corrected chi connectivity index (χ4v) is 8.89. The third-order valence-corrected chi connectivity index (χ3v) is 17.6. The van der Waals surface area contributed by atoms with Crippen LogP contribution in [-0.4, -0.2) is 86.7 Å². The van der Waals surface area contributed by atoms with Gasteiger partial charge in [0.25, 0.3) is 0 Å². The maximum absolute atomic E-state index is 12.5. The Kier molecular flexibility index (Phi) is 144. The Balaban J connectivity index is -0.0000000671. The SMILES string of the molecule is C.CC(C)CC(C)(F)F.CC(C)CC(C)F.CC(C)CCC(C)(F)F.CC(C)CCC(C)F.CC(C)CCC(F)F.CC(C)CCCC(F)F.CC(C)CCCCF.CC(C)CCCF.CCC(C)C.CCC(F)(F)C(C)C.CCC(F)(F)CC(C)C.CCC(F)C(C)C.CCC(F)CC(C)C.CCCC(F)(F)C(C)C.CCCC(F)C(C)C.CCCCC(C)C. The van der Waals surface area contributed by atoms with Crippen molar-refractivity contribution in [3.63, 3.8) is 0 Å². The van der Waals surface area contributed by atoms with Gasteiger partial charge >= 0.3 is 0 Å². The molecule has 0 aromatic rings. The minimum atomic E-state index is -2.48. The van der Waals surface area contributed by atoms with Gasteiger partial charge in [0.1, 0.15) is 18.5 Å². The first-order valence-electron chi connectivity index (χ1n) is 49.2. The van der Waals surface area contributed by atoms with Gasteiger partial charge in [-0.15, -0.1) is 0 Å². The van der Waals surface area contributed by atoms with Crippen LogP contribution in [0.5, 0.6) is 0 Å². The van der Waals surface area contributed by atoms with Crippen LogP contribution in [0, 0.1) is 94.7 Å². The van der Waals surface area contributed by atoms with Crippen LogP contribution in [0.4, 0.5) is 92.2 Å². The van der Waals surface area contributed by atoms with E-state index in [1.165, 1.54) is 59.8 Å². The lowest BCUT2D eigenvalue weighted by atomic mass is 10.0. The lowest BCUT2D eigenvalue weighted by Gasteiger charge is -2.18. The summed E-state index contributed by atoms with van der Waals surface area (Å²) in [5.74, 6) is -6.55. The molecule has 0 fully saturated rings. The van der Waals surface area contributed by atoms with Crippen LogP contribution in [0.25, 0.3) is 0 Å². The van der Waals surface area contributed by atoms with Crippen molar-refractivity contribution in [3.05, 3.63) is 0 Å². The van der Waals surface area contributed by atoms with Crippen LogP contribution in [0.1, 0.15) is 505 Å². The van der Waals surface area contributed by atoms with Crippen LogP contribution in [0.3, 0.4) is 0 Å². The Hall–Kier alpha value is -1.47. The lowest BCUT2D eigenvalue weighted by Crippen LogP contribution is -2.22. The van der Waals surface area contributed by atoms with Gasteiger partial charge in [-0.2, -0.15) is 0 Å². The molecule has 0 nitrogen and oxygen atoms in total. The van der Waals surface area contributed by atoms with Gasteiger partial charge in [0, 0.05) is 63.2 Å². The van der Waals surface area contributed by atoms with Gasteiger partial charge in [-0.3, -0.25) is 8.78 Å². The van der Waals surface area contributed by atoms with E-state index >= 15 is 0 Å². The highest BCUT2D eigenvalue weighted by molar-refractivity contribution is 4.70. The number of alkyl halides is 21. The molecule has 0 heterocycles. The summed E-state index contributed by atoms with van der Waals surface area (Å²) in [6.45, 7) is 82.6. The Morgan fingerprint density at radius 2 is 0.587 bits per heavy atom. The van der Waals surface area contributed by atoms with E-state index < -0.39 is 85.2 Å². The number of halogens is 21. The summed E-state index contributed by atoms with van der Waals surface area (Å²) in [6, 6.07) is 0. The number of hydrogen-bond donors (Lipinski definition) is 0. The van der Waals surface area contributed by atoms with E-state index in [-0.39, 0.29) is 95.8 Å². The van der Waals surface area contributed by atoms with Gasteiger partial charge < -0.3 is 0 Å². The normalized spacial score (nSPS) is 12.5. The fourth-order valence-electron chi connectivity index (χ4n) is 8.89. The van der Waals surface area contributed by atoms with E-state index in [0.717, 1.165) is 95.8 Å². The second-order valence-electron chi connectivity index (χ2n) is 40.1. The van der Waals surface area contributed by atoms with Crippen molar-refractivity contribution in [2.24, 2.45) is 94.7 Å². The largest absolute Gasteiger partial charge is 0.251 e. The molecular weight excluding hydrogens is 1660 g/mol. The van der Waals surface area contributed by atoms with Crippen LogP contribution < -0.4 is 0 Å². The van der Waals surface area contributed by atoms with Crippen molar-refractivity contribution < 1.29 is 92.2 Å². The second-order valence-corrected chi connectivity index (χ2v) is 40.1. The summed E-state index contributed by atoms with van der Waals surface area (Å²) in [5.41, 5.74) is 0. The molecule has 790 valence electrons. The molecule has 5 atom stereocenters. The molecule has 0 saturated heterocycles. The van der Waals surface area contributed by atoms with Crippen molar-refractivity contribution >= 4 is 0 Å².